The molecule has 0 aliphatic carbocycles. The first-order chi connectivity index (χ1) is 17.3. The minimum atomic E-state index is -2.57. The highest BCUT2D eigenvalue weighted by Gasteiger charge is 3.04. The van der Waals surface area contributed by atoms with E-state index in [1.54, 1.807) is 0 Å². The molecule has 0 aromatic carbocycles. The van der Waals surface area contributed by atoms with E-state index < -0.39 is 58.0 Å². The molecule has 202 valence electrons. The Bertz CT molecular complexity index is 809. The maximum atomic E-state index is 12.8. The third-order valence-corrected chi connectivity index (χ3v) is 6.91. The number of ether oxygens (including phenoxy) is 6. The third kappa shape index (κ3) is 4.01. The van der Waals surface area contributed by atoms with Crippen molar-refractivity contribution in [3.63, 3.8) is 0 Å². The average molecular weight is 518 g/mol. The summed E-state index contributed by atoms with van der Waals surface area (Å²) in [5.74, 6) is 0. The molecule has 16 nitrogen and oxygen atoms in total. The Kier molecular flexibility index (Phi) is 7.49. The zero-order valence-electron chi connectivity index (χ0n) is 20.1. The fourth-order valence-corrected chi connectivity index (χ4v) is 5.52. The van der Waals surface area contributed by atoms with Gasteiger partial charge in [-0.1, -0.05) is 0 Å². The van der Waals surface area contributed by atoms with Crippen LogP contribution in [-0.4, -0.2) is 107 Å². The van der Waals surface area contributed by atoms with Crippen molar-refractivity contribution in [3.05, 3.63) is 20.2 Å². The van der Waals surface area contributed by atoms with E-state index in [1.807, 2.05) is 0 Å². The molecule has 2 amide bonds. The molecule has 4 heterocycles. The molecular formula is C20H30N4O12. The van der Waals surface area contributed by atoms with E-state index in [-0.39, 0.29) is 38.9 Å². The molecule has 0 N–H and O–H groups in total. The van der Waals surface area contributed by atoms with E-state index in [9.17, 15) is 29.8 Å². The van der Waals surface area contributed by atoms with Gasteiger partial charge in [-0.05, 0) is 26.7 Å². The van der Waals surface area contributed by atoms with Crippen molar-refractivity contribution in [1.82, 2.24) is 9.80 Å². The molecule has 16 heteroatoms. The number of amides is 2. The molecule has 4 rings (SSSR count). The van der Waals surface area contributed by atoms with Crippen molar-refractivity contribution in [3.8, 4) is 0 Å². The van der Waals surface area contributed by atoms with Crippen LogP contribution in [0.25, 0.3) is 0 Å². The highest BCUT2D eigenvalue weighted by molar-refractivity contribution is 5.78. The Morgan fingerprint density at radius 1 is 0.750 bits per heavy atom. The summed E-state index contributed by atoms with van der Waals surface area (Å²) in [7, 11) is 0. The molecule has 36 heavy (non-hydrogen) atoms. The van der Waals surface area contributed by atoms with Crippen molar-refractivity contribution < 1.29 is 47.9 Å². The lowest BCUT2D eigenvalue weighted by Crippen LogP contribution is -2.55. The van der Waals surface area contributed by atoms with Gasteiger partial charge in [-0.25, -0.2) is 19.4 Å². The summed E-state index contributed by atoms with van der Waals surface area (Å²) in [6.45, 7) is 4.22. The first kappa shape index (κ1) is 26.2. The molecule has 4 aliphatic rings. The van der Waals surface area contributed by atoms with Crippen LogP contribution in [0.1, 0.15) is 39.5 Å². The van der Waals surface area contributed by atoms with E-state index in [0.29, 0.717) is 26.4 Å². The number of rotatable bonds is 11. The summed E-state index contributed by atoms with van der Waals surface area (Å²) in [6.07, 6.45) is -3.25. The van der Waals surface area contributed by atoms with Gasteiger partial charge in [-0.15, -0.1) is 0 Å². The topological polar surface area (TPSA) is 182 Å². The number of nitrogens with zero attached hydrogens (tertiary/aromatic N) is 4. The number of hydrogen-bond donors (Lipinski definition) is 0. The Labute approximate surface area is 205 Å². The molecule has 4 aliphatic heterocycles. The molecule has 0 bridgehead atoms. The Morgan fingerprint density at radius 3 is 1.36 bits per heavy atom. The molecule has 0 radical (unpaired) electrons. The van der Waals surface area contributed by atoms with Crippen LogP contribution in [0.5, 0.6) is 0 Å². The van der Waals surface area contributed by atoms with Crippen LogP contribution in [0.15, 0.2) is 0 Å². The smallest absolute Gasteiger partial charge is 0.416 e. The van der Waals surface area contributed by atoms with Gasteiger partial charge in [0.15, 0.2) is 12.6 Å². The third-order valence-electron chi connectivity index (χ3n) is 6.91. The average Bonchev–Trinajstić information content (AvgIpc) is 3.42. The Morgan fingerprint density at radius 2 is 1.08 bits per heavy atom. The van der Waals surface area contributed by atoms with Gasteiger partial charge in [0.25, 0.3) is 0 Å². The highest BCUT2D eigenvalue weighted by atomic mass is 16.7. The summed E-state index contributed by atoms with van der Waals surface area (Å²) in [5.41, 5.74) is -5.15. The second-order valence-electron chi connectivity index (χ2n) is 8.63. The van der Waals surface area contributed by atoms with Crippen LogP contribution < -0.4 is 0 Å². The zero-order valence-corrected chi connectivity index (χ0v) is 20.1. The highest BCUT2D eigenvalue weighted by Crippen LogP contribution is 2.64. The second kappa shape index (κ2) is 10.3. The number of carbonyl (C=O) groups is 2. The van der Waals surface area contributed by atoms with Crippen LogP contribution in [0, 0.1) is 20.2 Å². The first-order valence-corrected chi connectivity index (χ1v) is 12.0. The van der Waals surface area contributed by atoms with Gasteiger partial charge in [0.05, 0.1) is 49.5 Å². The molecule has 4 saturated heterocycles. The van der Waals surface area contributed by atoms with E-state index in [1.165, 1.54) is 13.8 Å². The summed E-state index contributed by atoms with van der Waals surface area (Å²) in [6, 6.07) is -2.49. The van der Waals surface area contributed by atoms with Crippen molar-refractivity contribution in [2.75, 3.05) is 39.6 Å². The predicted molar refractivity (Wildman–Crippen MR) is 115 cm³/mol. The summed E-state index contributed by atoms with van der Waals surface area (Å²) in [5, 5.41) is 25.4. The van der Waals surface area contributed by atoms with Crippen molar-refractivity contribution in [2.24, 2.45) is 0 Å². The van der Waals surface area contributed by atoms with Crippen molar-refractivity contribution in [2.45, 2.75) is 75.5 Å². The fourth-order valence-electron chi connectivity index (χ4n) is 5.52. The van der Waals surface area contributed by atoms with Crippen LogP contribution in [-0.2, 0) is 28.4 Å². The maximum absolute atomic E-state index is 12.8. The number of nitro groups is 2. The molecule has 0 aromatic heterocycles. The van der Waals surface area contributed by atoms with E-state index in [4.69, 9.17) is 28.4 Å². The van der Waals surface area contributed by atoms with Gasteiger partial charge >= 0.3 is 23.5 Å². The quantitative estimate of drug-likeness (QED) is 0.214. The summed E-state index contributed by atoms with van der Waals surface area (Å²) < 4.78 is 31.6. The summed E-state index contributed by atoms with van der Waals surface area (Å²) >= 11 is 0. The molecule has 4 unspecified atom stereocenters. The number of carbonyl (C=O) groups excluding carboxylic acids is 2. The van der Waals surface area contributed by atoms with Crippen molar-refractivity contribution in [1.29, 1.82) is 0 Å². The first-order valence-electron chi connectivity index (χ1n) is 12.0. The minimum Gasteiger partial charge on any atom is -0.450 e. The molecule has 0 aromatic rings. The molecule has 0 saturated carbocycles. The lowest BCUT2D eigenvalue weighted by molar-refractivity contribution is -0.658. The molecular weight excluding hydrogens is 488 g/mol. The lowest BCUT2D eigenvalue weighted by Gasteiger charge is -2.15. The molecule has 0 spiro atoms. The second-order valence-corrected chi connectivity index (χ2v) is 8.63. The normalized spacial score (nSPS) is 31.9. The molecule has 4 fully saturated rings. The predicted octanol–water partition coefficient (Wildman–Crippen LogP) is 0.920. The van der Waals surface area contributed by atoms with Gasteiger partial charge < -0.3 is 28.4 Å². The fraction of sp³-hybridized carbons (Fsp3) is 0.900. The van der Waals surface area contributed by atoms with Crippen molar-refractivity contribution >= 4 is 12.2 Å². The van der Waals surface area contributed by atoms with Gasteiger partial charge in [-0.3, -0.25) is 20.2 Å². The van der Waals surface area contributed by atoms with E-state index in [0.717, 1.165) is 9.80 Å². The van der Waals surface area contributed by atoms with Gasteiger partial charge in [-0.2, -0.15) is 0 Å². The van der Waals surface area contributed by atoms with Gasteiger partial charge in [0.2, 0.25) is 0 Å². The monoisotopic (exact) mass is 518 g/mol. The largest absolute Gasteiger partial charge is 0.450 e. The lowest BCUT2D eigenvalue weighted by atomic mass is 9.97. The Hall–Kier alpha value is -2.82. The number of hydrogen-bond acceptors (Lipinski definition) is 12. The maximum Gasteiger partial charge on any atom is 0.416 e. The van der Waals surface area contributed by atoms with Crippen LogP contribution in [0.2, 0.25) is 0 Å². The van der Waals surface area contributed by atoms with E-state index >= 15 is 0 Å². The van der Waals surface area contributed by atoms with Crippen LogP contribution in [0.3, 0.4) is 0 Å². The zero-order chi connectivity index (χ0) is 26.1. The van der Waals surface area contributed by atoms with Gasteiger partial charge in [0, 0.05) is 12.8 Å². The minimum absolute atomic E-state index is 0.0434. The molecule has 4 atom stereocenters. The SMILES string of the molecule is CCOC(=O)N1C(CCC2OCCO2)C1([N+](=O)[O-])C1([N+](=O)[O-])C(CCC2OCCO2)N1C(=O)OCC. The summed E-state index contributed by atoms with van der Waals surface area (Å²) in [4.78, 5) is 50.9. The Balaban J connectivity index is 1.70. The van der Waals surface area contributed by atoms with Gasteiger partial charge in [0.1, 0.15) is 12.1 Å². The van der Waals surface area contributed by atoms with Crippen LogP contribution >= 0.6 is 0 Å². The van der Waals surface area contributed by atoms with E-state index in [2.05, 4.69) is 0 Å². The van der Waals surface area contributed by atoms with Crippen LogP contribution in [0.4, 0.5) is 9.59 Å². The standard InChI is InChI=1S/C20H30N4O12/c1-3-31-17(25)21-13(5-7-15-33-9-10-34-15)19(21,23(27)28)20(24(29)30)14(22(20)18(26)32-4-2)6-8-16-35-11-12-36-16/h13-16H,3-12H2,1-2H3.